The molecule has 0 saturated heterocycles. The normalized spacial score (nSPS) is 23.5. The predicted octanol–water partition coefficient (Wildman–Crippen LogP) is 1.94. The van der Waals surface area contributed by atoms with E-state index in [1.54, 1.807) is 0 Å². The Hall–Kier alpha value is -2.17. The van der Waals surface area contributed by atoms with Gasteiger partial charge in [-0.2, -0.15) is 22.0 Å². The summed E-state index contributed by atoms with van der Waals surface area (Å²) >= 11 is 0. The lowest BCUT2D eigenvalue weighted by Crippen LogP contribution is -2.63. The predicted molar refractivity (Wildman–Crippen MR) is 70.3 cm³/mol. The molecule has 0 spiro atoms. The molecule has 0 aromatic carbocycles. The Morgan fingerprint density at radius 2 is 2.12 bits per heavy atom. The second kappa shape index (κ2) is 6.75. The standard InChI is InChI=1S/C13H14F5N3O3/c14-10(15)24-9-3-7(1-2-19-9)6-20-11(22)21-8-4-12(23,5-8)13(16,17)18/h1-3,8,10,23H,4-6H2,(H2,20,21,22)/t8-,12+. The van der Waals surface area contributed by atoms with E-state index in [1.807, 2.05) is 0 Å². The Morgan fingerprint density at radius 3 is 2.71 bits per heavy atom. The average molecular weight is 355 g/mol. The number of nitrogens with one attached hydrogen (secondary N) is 2. The molecule has 1 aromatic rings. The highest BCUT2D eigenvalue weighted by molar-refractivity contribution is 5.74. The first-order valence-electron chi connectivity index (χ1n) is 6.82. The number of amides is 2. The molecule has 1 aliphatic rings. The van der Waals surface area contributed by atoms with Crippen LogP contribution in [0.5, 0.6) is 5.88 Å². The SMILES string of the molecule is O=C(NCc1ccnc(OC(F)F)c1)N[C@H]1C[C@](O)(C(F)(F)F)C1. The van der Waals surface area contributed by atoms with Crippen molar-refractivity contribution in [3.63, 3.8) is 0 Å². The average Bonchev–Trinajstić information content (AvgIpc) is 2.42. The summed E-state index contributed by atoms with van der Waals surface area (Å²) in [5, 5.41) is 13.9. The van der Waals surface area contributed by atoms with E-state index in [1.165, 1.54) is 18.3 Å². The third kappa shape index (κ3) is 4.43. The van der Waals surface area contributed by atoms with E-state index >= 15 is 0 Å². The minimum absolute atomic E-state index is 0.0653. The van der Waals surface area contributed by atoms with Crippen LogP contribution in [0.1, 0.15) is 18.4 Å². The topological polar surface area (TPSA) is 83.5 Å². The highest BCUT2D eigenvalue weighted by Gasteiger charge is 2.61. The summed E-state index contributed by atoms with van der Waals surface area (Å²) in [6.07, 6.45) is -4.76. The summed E-state index contributed by atoms with van der Waals surface area (Å²) in [5.41, 5.74) is -2.35. The molecule has 1 heterocycles. The quantitative estimate of drug-likeness (QED) is 0.705. The molecule has 0 radical (unpaired) electrons. The van der Waals surface area contributed by atoms with E-state index in [9.17, 15) is 31.9 Å². The third-order valence-electron chi connectivity index (χ3n) is 3.49. The molecular formula is C13H14F5N3O3. The summed E-state index contributed by atoms with van der Waals surface area (Å²) in [6, 6.07) is 1.10. The van der Waals surface area contributed by atoms with Crippen molar-refractivity contribution in [1.29, 1.82) is 0 Å². The van der Waals surface area contributed by atoms with Gasteiger partial charge in [0.2, 0.25) is 5.88 Å². The van der Waals surface area contributed by atoms with Gasteiger partial charge in [0.15, 0.2) is 5.60 Å². The van der Waals surface area contributed by atoms with Crippen LogP contribution in [0.25, 0.3) is 0 Å². The Balaban J connectivity index is 1.77. The van der Waals surface area contributed by atoms with Crippen molar-refractivity contribution in [3.05, 3.63) is 23.9 Å². The summed E-state index contributed by atoms with van der Waals surface area (Å²) in [4.78, 5) is 15.1. The van der Waals surface area contributed by atoms with Crippen LogP contribution in [0.4, 0.5) is 26.7 Å². The molecule has 3 N–H and O–H groups in total. The first-order valence-corrected chi connectivity index (χ1v) is 6.82. The Morgan fingerprint density at radius 1 is 1.46 bits per heavy atom. The largest absolute Gasteiger partial charge is 0.417 e. The number of nitrogens with zero attached hydrogens (tertiary/aromatic N) is 1. The Kier molecular flexibility index (Phi) is 5.11. The van der Waals surface area contributed by atoms with Crippen LogP contribution >= 0.6 is 0 Å². The molecule has 1 aliphatic carbocycles. The molecule has 24 heavy (non-hydrogen) atoms. The number of ether oxygens (including phenoxy) is 1. The first kappa shape index (κ1) is 18.2. The fourth-order valence-corrected chi connectivity index (χ4v) is 2.22. The Labute approximate surface area is 133 Å². The van der Waals surface area contributed by atoms with E-state index in [4.69, 9.17) is 0 Å². The molecule has 0 bridgehead atoms. The van der Waals surface area contributed by atoms with Crippen LogP contribution in [0.3, 0.4) is 0 Å². The van der Waals surface area contributed by atoms with Gasteiger partial charge in [0, 0.05) is 37.7 Å². The lowest BCUT2D eigenvalue weighted by Gasteiger charge is -2.44. The van der Waals surface area contributed by atoms with E-state index in [0.29, 0.717) is 5.56 Å². The molecule has 0 atom stereocenters. The van der Waals surface area contributed by atoms with Gasteiger partial charge < -0.3 is 20.5 Å². The van der Waals surface area contributed by atoms with Gasteiger partial charge in [-0.3, -0.25) is 0 Å². The number of hydrogen-bond donors (Lipinski definition) is 3. The molecule has 0 aliphatic heterocycles. The maximum atomic E-state index is 12.4. The van der Waals surface area contributed by atoms with Crippen LogP contribution in [0, 0.1) is 0 Å². The lowest BCUT2D eigenvalue weighted by molar-refractivity contribution is -0.291. The molecule has 6 nitrogen and oxygen atoms in total. The molecule has 1 aromatic heterocycles. The van der Waals surface area contributed by atoms with Crippen molar-refractivity contribution in [1.82, 2.24) is 15.6 Å². The molecule has 134 valence electrons. The van der Waals surface area contributed by atoms with E-state index < -0.39 is 43.3 Å². The first-order chi connectivity index (χ1) is 11.1. The van der Waals surface area contributed by atoms with E-state index in [-0.39, 0.29) is 12.4 Å². The zero-order valence-electron chi connectivity index (χ0n) is 12.1. The van der Waals surface area contributed by atoms with Gasteiger partial charge in [-0.15, -0.1) is 0 Å². The fourth-order valence-electron chi connectivity index (χ4n) is 2.22. The minimum atomic E-state index is -4.74. The van der Waals surface area contributed by atoms with E-state index in [2.05, 4.69) is 20.4 Å². The van der Waals surface area contributed by atoms with Crippen LogP contribution in [0.15, 0.2) is 18.3 Å². The van der Waals surface area contributed by atoms with Crippen LogP contribution in [0.2, 0.25) is 0 Å². The van der Waals surface area contributed by atoms with Gasteiger partial charge in [-0.1, -0.05) is 0 Å². The number of aliphatic hydroxyl groups is 1. The monoisotopic (exact) mass is 355 g/mol. The van der Waals surface area contributed by atoms with Crippen molar-refractivity contribution >= 4 is 6.03 Å². The summed E-state index contributed by atoms with van der Waals surface area (Å²) < 4.78 is 65.6. The number of urea groups is 1. The van der Waals surface area contributed by atoms with Crippen molar-refractivity contribution < 1.29 is 36.6 Å². The van der Waals surface area contributed by atoms with Crippen molar-refractivity contribution in [2.45, 2.75) is 43.8 Å². The molecule has 11 heteroatoms. The van der Waals surface area contributed by atoms with Gasteiger partial charge >= 0.3 is 18.8 Å². The van der Waals surface area contributed by atoms with Crippen LogP contribution in [-0.4, -0.2) is 40.6 Å². The van der Waals surface area contributed by atoms with Crippen molar-refractivity contribution in [2.24, 2.45) is 0 Å². The molecule has 2 rings (SSSR count). The number of aromatic nitrogens is 1. The molecule has 0 unspecified atom stereocenters. The molecular weight excluding hydrogens is 341 g/mol. The second-order valence-electron chi connectivity index (χ2n) is 5.34. The Bertz CT molecular complexity index is 590. The number of hydrogen-bond acceptors (Lipinski definition) is 4. The molecule has 1 saturated carbocycles. The van der Waals surface area contributed by atoms with Gasteiger partial charge in [0.25, 0.3) is 0 Å². The van der Waals surface area contributed by atoms with Gasteiger partial charge in [0.05, 0.1) is 0 Å². The highest BCUT2D eigenvalue weighted by Crippen LogP contribution is 2.45. The number of carbonyl (C=O) groups is 1. The lowest BCUT2D eigenvalue weighted by atomic mass is 9.75. The molecule has 2 amide bonds. The van der Waals surface area contributed by atoms with E-state index in [0.717, 1.165) is 0 Å². The van der Waals surface area contributed by atoms with Crippen LogP contribution < -0.4 is 15.4 Å². The maximum Gasteiger partial charge on any atom is 0.417 e. The number of carbonyl (C=O) groups excluding carboxylic acids is 1. The fraction of sp³-hybridized carbons (Fsp3) is 0.538. The zero-order chi connectivity index (χ0) is 18.0. The van der Waals surface area contributed by atoms with Gasteiger partial charge in [-0.05, 0) is 11.6 Å². The van der Waals surface area contributed by atoms with Gasteiger partial charge in [-0.25, -0.2) is 9.78 Å². The minimum Gasteiger partial charge on any atom is -0.417 e. The second-order valence-corrected chi connectivity index (χ2v) is 5.34. The van der Waals surface area contributed by atoms with Crippen molar-refractivity contribution in [2.75, 3.05) is 0 Å². The summed E-state index contributed by atoms with van der Waals surface area (Å²) in [6.45, 7) is -3.10. The smallest absolute Gasteiger partial charge is 0.417 e. The van der Waals surface area contributed by atoms with Crippen LogP contribution in [-0.2, 0) is 6.54 Å². The maximum absolute atomic E-state index is 12.4. The number of rotatable bonds is 5. The summed E-state index contributed by atoms with van der Waals surface area (Å²) in [5.74, 6) is -0.320. The third-order valence-corrected chi connectivity index (χ3v) is 3.49. The molecule has 1 fully saturated rings. The number of pyridine rings is 1. The number of alkyl halides is 5. The highest BCUT2D eigenvalue weighted by atomic mass is 19.4. The summed E-state index contributed by atoms with van der Waals surface area (Å²) in [7, 11) is 0. The number of halogens is 5. The van der Waals surface area contributed by atoms with Crippen molar-refractivity contribution in [3.8, 4) is 5.88 Å². The van der Waals surface area contributed by atoms with Gasteiger partial charge in [0.1, 0.15) is 0 Å². The zero-order valence-corrected chi connectivity index (χ0v) is 12.1.